The number of hydrogen-bond acceptors (Lipinski definition) is 3. The van der Waals surface area contributed by atoms with Gasteiger partial charge < -0.3 is 10.1 Å². The third-order valence-corrected chi connectivity index (χ3v) is 3.16. The molecule has 1 N–H and O–H groups in total. The Labute approximate surface area is 96.0 Å². The molecule has 1 aliphatic carbocycles. The van der Waals surface area contributed by atoms with Crippen LogP contribution in [0.1, 0.15) is 17.9 Å². The van der Waals surface area contributed by atoms with Crippen molar-refractivity contribution in [2.24, 2.45) is 5.92 Å². The van der Waals surface area contributed by atoms with E-state index in [1.165, 1.54) is 6.20 Å². The van der Waals surface area contributed by atoms with Gasteiger partial charge in [-0.2, -0.15) is 13.2 Å². The summed E-state index contributed by atoms with van der Waals surface area (Å²) in [6.07, 6.45) is -2.42. The molecule has 0 unspecified atom stereocenters. The average molecular weight is 244 g/mol. The van der Waals surface area contributed by atoms with Crippen molar-refractivity contribution in [3.63, 3.8) is 0 Å². The molecule has 3 rings (SSSR count). The summed E-state index contributed by atoms with van der Waals surface area (Å²) in [5, 5.41) is 3.03. The van der Waals surface area contributed by atoms with E-state index in [1.807, 2.05) is 0 Å². The van der Waals surface area contributed by atoms with Gasteiger partial charge in [0.25, 0.3) is 0 Å². The Morgan fingerprint density at radius 2 is 2.24 bits per heavy atom. The SMILES string of the molecule is FC(F)(F)[C@@H]1C[C@H]1c1cnc2c(c1)OCCN2. The maximum absolute atomic E-state index is 12.5. The van der Waals surface area contributed by atoms with E-state index in [9.17, 15) is 13.2 Å². The number of alkyl halides is 3. The van der Waals surface area contributed by atoms with Crippen LogP contribution in [0.25, 0.3) is 0 Å². The van der Waals surface area contributed by atoms with Crippen molar-refractivity contribution in [3.8, 4) is 5.75 Å². The zero-order valence-corrected chi connectivity index (χ0v) is 8.92. The van der Waals surface area contributed by atoms with Crippen LogP contribution in [0.4, 0.5) is 19.0 Å². The highest BCUT2D eigenvalue weighted by atomic mass is 19.4. The second-order valence-electron chi connectivity index (χ2n) is 4.38. The third-order valence-electron chi connectivity index (χ3n) is 3.16. The number of anilines is 1. The fourth-order valence-electron chi connectivity index (χ4n) is 2.16. The van der Waals surface area contributed by atoms with Crippen LogP contribution in [-0.4, -0.2) is 24.3 Å². The summed E-state index contributed by atoms with van der Waals surface area (Å²) in [6.45, 7) is 1.19. The number of pyridine rings is 1. The van der Waals surface area contributed by atoms with Crippen LogP contribution in [0.15, 0.2) is 12.3 Å². The second-order valence-corrected chi connectivity index (χ2v) is 4.38. The number of nitrogens with zero attached hydrogens (tertiary/aromatic N) is 1. The molecule has 1 aliphatic heterocycles. The van der Waals surface area contributed by atoms with E-state index >= 15 is 0 Å². The van der Waals surface area contributed by atoms with E-state index in [4.69, 9.17) is 4.74 Å². The Morgan fingerprint density at radius 1 is 1.41 bits per heavy atom. The Morgan fingerprint density at radius 3 is 2.94 bits per heavy atom. The summed E-state index contributed by atoms with van der Waals surface area (Å²) < 4.78 is 42.7. The molecule has 1 aromatic heterocycles. The molecule has 1 aromatic rings. The van der Waals surface area contributed by atoms with Crippen LogP contribution >= 0.6 is 0 Å². The van der Waals surface area contributed by atoms with Gasteiger partial charge in [0, 0.05) is 6.20 Å². The molecular weight excluding hydrogens is 233 g/mol. The van der Waals surface area contributed by atoms with Crippen LogP contribution in [0.2, 0.25) is 0 Å². The number of fused-ring (bicyclic) bond motifs is 1. The van der Waals surface area contributed by atoms with Crippen LogP contribution in [-0.2, 0) is 0 Å². The van der Waals surface area contributed by atoms with Gasteiger partial charge in [0.1, 0.15) is 6.61 Å². The summed E-state index contributed by atoms with van der Waals surface area (Å²) in [7, 11) is 0. The van der Waals surface area contributed by atoms with Gasteiger partial charge >= 0.3 is 6.18 Å². The van der Waals surface area contributed by atoms with E-state index in [1.54, 1.807) is 6.07 Å². The van der Waals surface area contributed by atoms with Crippen molar-refractivity contribution in [1.82, 2.24) is 4.98 Å². The van der Waals surface area contributed by atoms with Gasteiger partial charge in [0.05, 0.1) is 12.5 Å². The number of aromatic nitrogens is 1. The first kappa shape index (κ1) is 10.7. The molecule has 1 fully saturated rings. The first-order chi connectivity index (χ1) is 8.05. The second kappa shape index (κ2) is 3.51. The van der Waals surface area contributed by atoms with Crippen molar-refractivity contribution in [1.29, 1.82) is 0 Å². The van der Waals surface area contributed by atoms with Gasteiger partial charge in [-0.1, -0.05) is 0 Å². The molecule has 0 radical (unpaired) electrons. The topological polar surface area (TPSA) is 34.1 Å². The zero-order valence-electron chi connectivity index (χ0n) is 8.92. The summed E-state index contributed by atoms with van der Waals surface area (Å²) in [5.74, 6) is -0.483. The maximum Gasteiger partial charge on any atom is 0.392 e. The predicted molar refractivity (Wildman–Crippen MR) is 55.1 cm³/mol. The molecule has 0 aromatic carbocycles. The van der Waals surface area contributed by atoms with E-state index in [-0.39, 0.29) is 6.42 Å². The van der Waals surface area contributed by atoms with E-state index < -0.39 is 18.0 Å². The van der Waals surface area contributed by atoms with Crippen LogP contribution in [0.5, 0.6) is 5.75 Å². The first-order valence-electron chi connectivity index (χ1n) is 5.49. The number of halogens is 3. The van der Waals surface area contributed by atoms with Gasteiger partial charge in [-0.3, -0.25) is 0 Å². The molecule has 0 spiro atoms. The van der Waals surface area contributed by atoms with Crippen LogP contribution < -0.4 is 10.1 Å². The summed E-state index contributed by atoms with van der Waals surface area (Å²) in [5.41, 5.74) is 0.620. The monoisotopic (exact) mass is 244 g/mol. The highest BCUT2D eigenvalue weighted by Gasteiger charge is 2.56. The molecule has 0 bridgehead atoms. The van der Waals surface area contributed by atoms with E-state index in [2.05, 4.69) is 10.3 Å². The minimum Gasteiger partial charge on any atom is -0.488 e. The molecule has 0 saturated heterocycles. The van der Waals surface area contributed by atoms with Crippen molar-refractivity contribution < 1.29 is 17.9 Å². The fraction of sp³-hybridized carbons (Fsp3) is 0.545. The fourth-order valence-corrected chi connectivity index (χ4v) is 2.16. The molecule has 6 heteroatoms. The van der Waals surface area contributed by atoms with Gasteiger partial charge in [-0.25, -0.2) is 4.98 Å². The predicted octanol–water partition coefficient (Wildman–Crippen LogP) is 2.55. The largest absolute Gasteiger partial charge is 0.488 e. The Hall–Kier alpha value is -1.46. The minimum atomic E-state index is -4.10. The Balaban J connectivity index is 1.82. The van der Waals surface area contributed by atoms with Crippen molar-refractivity contribution >= 4 is 5.82 Å². The molecular formula is C11H11F3N2O. The number of ether oxygens (including phenoxy) is 1. The molecule has 3 nitrogen and oxygen atoms in total. The molecule has 92 valence electrons. The summed E-state index contributed by atoms with van der Waals surface area (Å²) in [6, 6.07) is 1.67. The quantitative estimate of drug-likeness (QED) is 0.824. The maximum atomic E-state index is 12.5. The highest BCUT2D eigenvalue weighted by Crippen LogP contribution is 2.56. The van der Waals surface area contributed by atoms with Crippen molar-refractivity contribution in [3.05, 3.63) is 17.8 Å². The molecule has 17 heavy (non-hydrogen) atoms. The number of nitrogens with one attached hydrogen (secondary N) is 1. The van der Waals surface area contributed by atoms with E-state index in [0.717, 1.165) is 0 Å². The Bertz CT molecular complexity index is 447. The van der Waals surface area contributed by atoms with Gasteiger partial charge in [0.2, 0.25) is 0 Å². The van der Waals surface area contributed by atoms with Crippen LogP contribution in [0.3, 0.4) is 0 Å². The lowest BCUT2D eigenvalue weighted by molar-refractivity contribution is -0.148. The normalized spacial score (nSPS) is 26.8. The highest BCUT2D eigenvalue weighted by molar-refractivity contribution is 5.53. The molecule has 2 heterocycles. The third kappa shape index (κ3) is 1.92. The lowest BCUT2D eigenvalue weighted by atomic mass is 10.1. The number of rotatable bonds is 1. The minimum absolute atomic E-state index is 0.164. The van der Waals surface area contributed by atoms with Gasteiger partial charge in [-0.15, -0.1) is 0 Å². The molecule has 2 aliphatic rings. The average Bonchev–Trinajstić information content (AvgIpc) is 3.08. The van der Waals surface area contributed by atoms with Crippen molar-refractivity contribution in [2.75, 3.05) is 18.5 Å². The summed E-state index contributed by atoms with van der Waals surface area (Å²) in [4.78, 5) is 4.09. The standard InChI is InChI=1S/C11H11F3N2O/c12-11(13,14)8-4-7(8)6-3-9-10(16-5-6)15-1-2-17-9/h3,5,7-8H,1-2,4H2,(H,15,16)/t7-,8+/m0/s1. The number of hydrogen-bond donors (Lipinski definition) is 1. The lowest BCUT2D eigenvalue weighted by Crippen LogP contribution is -2.19. The van der Waals surface area contributed by atoms with Gasteiger partial charge in [-0.05, 0) is 24.0 Å². The molecule has 0 amide bonds. The summed E-state index contributed by atoms with van der Waals surface area (Å²) >= 11 is 0. The van der Waals surface area contributed by atoms with Crippen molar-refractivity contribution in [2.45, 2.75) is 18.5 Å². The molecule has 1 saturated carbocycles. The smallest absolute Gasteiger partial charge is 0.392 e. The Kier molecular flexibility index (Phi) is 2.21. The lowest BCUT2D eigenvalue weighted by Gasteiger charge is -2.18. The van der Waals surface area contributed by atoms with E-state index in [0.29, 0.717) is 30.3 Å². The first-order valence-corrected chi connectivity index (χ1v) is 5.49. The van der Waals surface area contributed by atoms with Crippen LogP contribution in [0, 0.1) is 5.92 Å². The molecule has 2 atom stereocenters. The zero-order chi connectivity index (χ0) is 12.0. The van der Waals surface area contributed by atoms with Gasteiger partial charge in [0.15, 0.2) is 11.6 Å².